The van der Waals surface area contributed by atoms with Crippen molar-refractivity contribution in [3.8, 4) is 0 Å². The van der Waals surface area contributed by atoms with E-state index in [4.69, 9.17) is 0 Å². The summed E-state index contributed by atoms with van der Waals surface area (Å²) in [6.07, 6.45) is 3.50. The van der Waals surface area contributed by atoms with Gasteiger partial charge in [-0.1, -0.05) is 6.42 Å². The highest BCUT2D eigenvalue weighted by Crippen LogP contribution is 2.15. The number of hydrogen-bond donors (Lipinski definition) is 2. The summed E-state index contributed by atoms with van der Waals surface area (Å²) in [5, 5.41) is 5.81. The molecule has 0 saturated carbocycles. The van der Waals surface area contributed by atoms with Crippen molar-refractivity contribution in [3.05, 3.63) is 29.8 Å². The van der Waals surface area contributed by atoms with Crippen LogP contribution in [0.5, 0.6) is 0 Å². The summed E-state index contributed by atoms with van der Waals surface area (Å²) in [5.74, 6) is -1.56. The lowest BCUT2D eigenvalue weighted by Crippen LogP contribution is -2.44. The summed E-state index contributed by atoms with van der Waals surface area (Å²) in [6, 6.07) is 3.39. The van der Waals surface area contributed by atoms with Crippen LogP contribution < -0.4 is 10.6 Å². The maximum atomic E-state index is 13.4. The Morgan fingerprint density at radius 1 is 1.43 bits per heavy atom. The van der Waals surface area contributed by atoms with Gasteiger partial charge in [-0.3, -0.25) is 9.69 Å². The van der Waals surface area contributed by atoms with E-state index in [0.29, 0.717) is 6.04 Å². The van der Waals surface area contributed by atoms with Crippen LogP contribution in [0.4, 0.5) is 14.5 Å². The Kier molecular flexibility index (Phi) is 5.64. The zero-order chi connectivity index (χ0) is 15.2. The molecule has 1 saturated heterocycles. The van der Waals surface area contributed by atoms with Crippen molar-refractivity contribution >= 4 is 11.6 Å². The van der Waals surface area contributed by atoms with Crippen molar-refractivity contribution in [2.45, 2.75) is 25.3 Å². The van der Waals surface area contributed by atoms with Crippen LogP contribution in [0.15, 0.2) is 18.2 Å². The highest BCUT2D eigenvalue weighted by molar-refractivity contribution is 5.92. The number of carbonyl (C=O) groups excluding carboxylic acids is 1. The fourth-order valence-corrected chi connectivity index (χ4v) is 2.55. The topological polar surface area (TPSA) is 44.4 Å². The molecule has 1 aliphatic heterocycles. The Hall–Kier alpha value is -1.53. The monoisotopic (exact) mass is 297 g/mol. The van der Waals surface area contributed by atoms with E-state index in [1.165, 1.54) is 12.8 Å². The van der Waals surface area contributed by atoms with E-state index in [-0.39, 0.29) is 18.1 Å². The molecule has 116 valence electrons. The van der Waals surface area contributed by atoms with E-state index in [0.717, 1.165) is 37.7 Å². The lowest BCUT2D eigenvalue weighted by atomic mass is 10.0. The molecule has 6 heteroatoms. The third-order valence-corrected chi connectivity index (χ3v) is 3.56. The Balaban J connectivity index is 1.81. The molecular formula is C15H21F2N3O. The fourth-order valence-electron chi connectivity index (χ4n) is 2.55. The van der Waals surface area contributed by atoms with Crippen LogP contribution in [0.25, 0.3) is 0 Å². The number of benzene rings is 1. The van der Waals surface area contributed by atoms with Gasteiger partial charge in [-0.25, -0.2) is 8.78 Å². The van der Waals surface area contributed by atoms with Gasteiger partial charge in [0.1, 0.15) is 11.6 Å². The zero-order valence-corrected chi connectivity index (χ0v) is 12.2. The van der Waals surface area contributed by atoms with Gasteiger partial charge >= 0.3 is 0 Å². The lowest BCUT2D eigenvalue weighted by molar-refractivity contribution is -0.117. The average Bonchev–Trinajstić information content (AvgIpc) is 2.43. The van der Waals surface area contributed by atoms with Crippen LogP contribution in [0.1, 0.15) is 19.3 Å². The molecule has 1 aliphatic rings. The molecule has 0 aromatic heterocycles. The molecule has 1 amide bonds. The molecule has 1 unspecified atom stereocenters. The number of nitrogens with zero attached hydrogens (tertiary/aromatic N) is 1. The van der Waals surface area contributed by atoms with Gasteiger partial charge in [-0.2, -0.15) is 0 Å². The van der Waals surface area contributed by atoms with Crippen LogP contribution in [0.2, 0.25) is 0 Å². The van der Waals surface area contributed by atoms with E-state index in [9.17, 15) is 13.6 Å². The second kappa shape index (κ2) is 7.47. The lowest BCUT2D eigenvalue weighted by Gasteiger charge is -2.27. The van der Waals surface area contributed by atoms with E-state index >= 15 is 0 Å². The van der Waals surface area contributed by atoms with Crippen LogP contribution in [-0.4, -0.2) is 43.5 Å². The number of likely N-dealkylation sites (N-methyl/N-ethyl adjacent to an activating group) is 1. The minimum Gasteiger partial charge on any atom is -0.322 e. The number of amides is 1. The minimum atomic E-state index is -0.638. The summed E-state index contributed by atoms with van der Waals surface area (Å²) in [7, 11) is 1.85. The van der Waals surface area contributed by atoms with Crippen molar-refractivity contribution in [2.24, 2.45) is 0 Å². The number of piperidine rings is 1. The van der Waals surface area contributed by atoms with E-state index < -0.39 is 11.6 Å². The zero-order valence-electron chi connectivity index (χ0n) is 12.2. The van der Waals surface area contributed by atoms with Gasteiger partial charge in [-0.15, -0.1) is 0 Å². The normalized spacial score (nSPS) is 18.8. The first kappa shape index (κ1) is 15.9. The second-order valence-electron chi connectivity index (χ2n) is 5.52. The smallest absolute Gasteiger partial charge is 0.238 e. The summed E-state index contributed by atoms with van der Waals surface area (Å²) >= 11 is 0. The molecule has 2 rings (SSSR count). The molecule has 21 heavy (non-hydrogen) atoms. The largest absolute Gasteiger partial charge is 0.322 e. The van der Waals surface area contributed by atoms with Gasteiger partial charge in [0.25, 0.3) is 0 Å². The third kappa shape index (κ3) is 5.06. The van der Waals surface area contributed by atoms with Crippen LogP contribution >= 0.6 is 0 Å². The Morgan fingerprint density at radius 3 is 2.95 bits per heavy atom. The van der Waals surface area contributed by atoms with E-state index in [1.807, 2.05) is 11.9 Å². The first-order chi connectivity index (χ1) is 10.0. The quantitative estimate of drug-likeness (QED) is 0.873. The molecular weight excluding hydrogens is 276 g/mol. The van der Waals surface area contributed by atoms with E-state index in [1.54, 1.807) is 0 Å². The van der Waals surface area contributed by atoms with Crippen LogP contribution in [0, 0.1) is 11.6 Å². The molecule has 0 spiro atoms. The standard InChI is InChI=1S/C15H21F2N3O/c1-20(9-12-4-2-3-7-18-12)10-15(21)19-14-8-11(16)5-6-13(14)17/h5-6,8,12,18H,2-4,7,9-10H2,1H3,(H,19,21). The van der Waals surface area contributed by atoms with Crippen molar-refractivity contribution < 1.29 is 13.6 Å². The SMILES string of the molecule is CN(CC(=O)Nc1cc(F)ccc1F)CC1CCCCN1. The highest BCUT2D eigenvalue weighted by atomic mass is 19.1. The molecule has 4 nitrogen and oxygen atoms in total. The first-order valence-corrected chi connectivity index (χ1v) is 7.21. The predicted molar refractivity (Wildman–Crippen MR) is 78.1 cm³/mol. The van der Waals surface area contributed by atoms with Crippen molar-refractivity contribution in [1.29, 1.82) is 0 Å². The van der Waals surface area contributed by atoms with Gasteiger partial charge in [0, 0.05) is 18.7 Å². The van der Waals surface area contributed by atoms with Crippen LogP contribution in [0.3, 0.4) is 0 Å². The summed E-state index contributed by atoms with van der Waals surface area (Å²) < 4.78 is 26.5. The van der Waals surface area contributed by atoms with E-state index in [2.05, 4.69) is 10.6 Å². The average molecular weight is 297 g/mol. The molecule has 2 N–H and O–H groups in total. The molecule has 1 heterocycles. The van der Waals surface area contributed by atoms with Gasteiger partial charge in [0.2, 0.25) is 5.91 Å². The maximum absolute atomic E-state index is 13.4. The first-order valence-electron chi connectivity index (χ1n) is 7.21. The molecule has 1 aromatic carbocycles. The Bertz CT molecular complexity index is 490. The number of rotatable bonds is 5. The fraction of sp³-hybridized carbons (Fsp3) is 0.533. The van der Waals surface area contributed by atoms with Crippen LogP contribution in [-0.2, 0) is 4.79 Å². The van der Waals surface area contributed by atoms with Gasteiger partial charge in [0.05, 0.1) is 12.2 Å². The highest BCUT2D eigenvalue weighted by Gasteiger charge is 2.16. The third-order valence-electron chi connectivity index (χ3n) is 3.56. The summed E-state index contributed by atoms with van der Waals surface area (Å²) in [6.45, 7) is 1.92. The van der Waals surface area contributed by atoms with Gasteiger partial charge in [0.15, 0.2) is 0 Å². The Morgan fingerprint density at radius 2 is 2.24 bits per heavy atom. The second-order valence-corrected chi connectivity index (χ2v) is 5.52. The number of nitrogens with one attached hydrogen (secondary N) is 2. The maximum Gasteiger partial charge on any atom is 0.238 e. The molecule has 1 aromatic rings. The Labute approximate surface area is 123 Å². The summed E-state index contributed by atoms with van der Waals surface area (Å²) in [5.41, 5.74) is -0.121. The number of hydrogen-bond acceptors (Lipinski definition) is 3. The summed E-state index contributed by atoms with van der Waals surface area (Å²) in [4.78, 5) is 13.8. The minimum absolute atomic E-state index is 0.121. The number of anilines is 1. The number of carbonyl (C=O) groups is 1. The van der Waals surface area contributed by atoms with Crippen molar-refractivity contribution in [2.75, 3.05) is 32.0 Å². The molecule has 0 bridgehead atoms. The van der Waals surface area contributed by atoms with Crippen molar-refractivity contribution in [3.63, 3.8) is 0 Å². The molecule has 1 atom stereocenters. The predicted octanol–water partition coefficient (Wildman–Crippen LogP) is 1.98. The molecule has 1 fully saturated rings. The molecule has 0 radical (unpaired) electrons. The van der Waals surface area contributed by atoms with Gasteiger partial charge in [-0.05, 0) is 38.6 Å². The molecule has 0 aliphatic carbocycles. The van der Waals surface area contributed by atoms with Gasteiger partial charge < -0.3 is 10.6 Å². The number of halogens is 2. The van der Waals surface area contributed by atoms with Crippen molar-refractivity contribution in [1.82, 2.24) is 10.2 Å².